The van der Waals surface area contributed by atoms with Gasteiger partial charge >= 0.3 is 6.03 Å². The average Bonchev–Trinajstić information content (AvgIpc) is 3.06. The van der Waals surface area contributed by atoms with E-state index in [9.17, 15) is 9.59 Å². The fraction of sp³-hybridized carbons (Fsp3) is 0.312. The molecule has 2 fully saturated rings. The standard InChI is InChI=1S/C16H15N3O4/c1-10-2-4-11(5-3-10)13-6-12(23-18-13)7-19-14(20)16(8-22-9-16)17-15(19)21/h2-6H,7-9H2,1H3,(H,17,21). The summed E-state index contributed by atoms with van der Waals surface area (Å²) in [4.78, 5) is 25.5. The molecule has 3 amide bonds. The van der Waals surface area contributed by atoms with Crippen LogP contribution in [-0.2, 0) is 16.1 Å². The Balaban J connectivity index is 1.53. The van der Waals surface area contributed by atoms with Crippen LogP contribution < -0.4 is 5.32 Å². The second-order valence-corrected chi connectivity index (χ2v) is 5.94. The van der Waals surface area contributed by atoms with Crippen LogP contribution in [-0.4, -0.2) is 40.7 Å². The van der Waals surface area contributed by atoms with E-state index in [1.165, 1.54) is 0 Å². The van der Waals surface area contributed by atoms with Crippen molar-refractivity contribution in [3.8, 4) is 11.3 Å². The third-order valence-corrected chi connectivity index (χ3v) is 4.16. The molecular formula is C16H15N3O4. The van der Waals surface area contributed by atoms with Gasteiger partial charge in [-0.15, -0.1) is 0 Å². The van der Waals surface area contributed by atoms with Crippen LogP contribution in [0.4, 0.5) is 4.79 Å². The molecule has 0 bridgehead atoms. The molecule has 0 unspecified atom stereocenters. The van der Waals surface area contributed by atoms with Gasteiger partial charge in [0.05, 0.1) is 19.8 Å². The predicted octanol–water partition coefficient (Wildman–Crippen LogP) is 1.47. The van der Waals surface area contributed by atoms with Gasteiger partial charge in [0.2, 0.25) is 0 Å². The number of ether oxygens (including phenoxy) is 1. The van der Waals surface area contributed by atoms with Crippen molar-refractivity contribution in [2.24, 2.45) is 0 Å². The summed E-state index contributed by atoms with van der Waals surface area (Å²) < 4.78 is 10.3. The number of benzene rings is 1. The lowest BCUT2D eigenvalue weighted by molar-refractivity contribution is -0.148. The number of aryl methyl sites for hydroxylation is 1. The van der Waals surface area contributed by atoms with Crippen LogP contribution in [0.1, 0.15) is 11.3 Å². The van der Waals surface area contributed by atoms with E-state index in [2.05, 4.69) is 10.5 Å². The van der Waals surface area contributed by atoms with Gasteiger partial charge < -0.3 is 14.6 Å². The zero-order chi connectivity index (χ0) is 16.0. The molecule has 0 aliphatic carbocycles. The molecule has 7 heteroatoms. The second-order valence-electron chi connectivity index (χ2n) is 5.94. The van der Waals surface area contributed by atoms with Gasteiger partial charge in [-0.05, 0) is 6.92 Å². The SMILES string of the molecule is Cc1ccc(-c2cc(CN3C(=O)NC4(COC4)C3=O)on2)cc1. The van der Waals surface area contributed by atoms with Gasteiger partial charge in [0, 0.05) is 11.6 Å². The number of rotatable bonds is 3. The van der Waals surface area contributed by atoms with Gasteiger partial charge in [0.1, 0.15) is 5.69 Å². The Hall–Kier alpha value is -2.67. The highest BCUT2D eigenvalue weighted by Crippen LogP contribution is 2.28. The molecule has 7 nitrogen and oxygen atoms in total. The van der Waals surface area contributed by atoms with Gasteiger partial charge in [0.15, 0.2) is 11.3 Å². The molecule has 4 rings (SSSR count). The summed E-state index contributed by atoms with van der Waals surface area (Å²) in [7, 11) is 0. The lowest BCUT2D eigenvalue weighted by Gasteiger charge is -2.34. The summed E-state index contributed by atoms with van der Waals surface area (Å²) in [6.07, 6.45) is 0. The maximum atomic E-state index is 12.3. The molecule has 118 valence electrons. The monoisotopic (exact) mass is 313 g/mol. The van der Waals surface area contributed by atoms with E-state index in [0.717, 1.165) is 16.0 Å². The van der Waals surface area contributed by atoms with E-state index in [0.29, 0.717) is 11.5 Å². The van der Waals surface area contributed by atoms with Gasteiger partial charge in [-0.25, -0.2) is 4.79 Å². The van der Waals surface area contributed by atoms with E-state index in [1.807, 2.05) is 31.2 Å². The molecule has 23 heavy (non-hydrogen) atoms. The predicted molar refractivity (Wildman–Crippen MR) is 79.3 cm³/mol. The van der Waals surface area contributed by atoms with Crippen molar-refractivity contribution in [1.82, 2.24) is 15.4 Å². The molecule has 2 aromatic rings. The molecule has 0 atom stereocenters. The first-order valence-electron chi connectivity index (χ1n) is 7.32. The van der Waals surface area contributed by atoms with Crippen LogP contribution in [0.2, 0.25) is 0 Å². The van der Waals surface area contributed by atoms with E-state index in [-0.39, 0.29) is 25.7 Å². The van der Waals surface area contributed by atoms with E-state index in [1.54, 1.807) is 6.07 Å². The average molecular weight is 313 g/mol. The van der Waals surface area contributed by atoms with Crippen LogP contribution in [0, 0.1) is 6.92 Å². The highest BCUT2D eigenvalue weighted by atomic mass is 16.5. The molecule has 1 aromatic heterocycles. The fourth-order valence-corrected chi connectivity index (χ4v) is 2.73. The first-order valence-corrected chi connectivity index (χ1v) is 7.32. The number of carbonyl (C=O) groups is 2. The topological polar surface area (TPSA) is 84.7 Å². The summed E-state index contributed by atoms with van der Waals surface area (Å²) in [5, 5.41) is 6.69. The molecule has 1 spiro atoms. The van der Waals surface area contributed by atoms with Crippen molar-refractivity contribution in [2.75, 3.05) is 13.2 Å². The van der Waals surface area contributed by atoms with E-state index in [4.69, 9.17) is 9.26 Å². The number of aromatic nitrogens is 1. The van der Waals surface area contributed by atoms with Crippen molar-refractivity contribution in [1.29, 1.82) is 0 Å². The summed E-state index contributed by atoms with van der Waals surface area (Å²) >= 11 is 0. The zero-order valence-corrected chi connectivity index (χ0v) is 12.5. The zero-order valence-electron chi connectivity index (χ0n) is 12.5. The number of hydrogen-bond donors (Lipinski definition) is 1. The number of amides is 3. The Labute approximate surface area is 132 Å². The lowest BCUT2D eigenvalue weighted by atomic mass is 9.98. The molecule has 1 aromatic carbocycles. The van der Waals surface area contributed by atoms with E-state index >= 15 is 0 Å². The molecule has 0 saturated carbocycles. The van der Waals surface area contributed by atoms with E-state index < -0.39 is 11.6 Å². The minimum absolute atomic E-state index is 0.0608. The van der Waals surface area contributed by atoms with Crippen LogP contribution in [0.15, 0.2) is 34.9 Å². The number of hydrogen-bond acceptors (Lipinski definition) is 5. The lowest BCUT2D eigenvalue weighted by Crippen LogP contribution is -2.62. The maximum absolute atomic E-state index is 12.3. The summed E-state index contributed by atoms with van der Waals surface area (Å²) in [5.41, 5.74) is 1.88. The second kappa shape index (κ2) is 4.92. The van der Waals surface area contributed by atoms with Crippen molar-refractivity contribution in [2.45, 2.75) is 19.0 Å². The van der Waals surface area contributed by atoms with Crippen LogP contribution in [0.25, 0.3) is 11.3 Å². The maximum Gasteiger partial charge on any atom is 0.325 e. The normalized spacial score (nSPS) is 19.1. The minimum Gasteiger partial charge on any atom is -0.375 e. The summed E-state index contributed by atoms with van der Waals surface area (Å²) in [6.45, 7) is 2.51. The van der Waals surface area contributed by atoms with Crippen LogP contribution in [0.5, 0.6) is 0 Å². The van der Waals surface area contributed by atoms with Crippen LogP contribution >= 0.6 is 0 Å². The van der Waals surface area contributed by atoms with Crippen molar-refractivity contribution < 1.29 is 18.8 Å². The number of nitrogens with zero attached hydrogens (tertiary/aromatic N) is 2. The molecule has 1 N–H and O–H groups in total. The first-order chi connectivity index (χ1) is 11.1. The van der Waals surface area contributed by atoms with Crippen molar-refractivity contribution >= 4 is 11.9 Å². The third kappa shape index (κ3) is 2.20. The van der Waals surface area contributed by atoms with Crippen molar-refractivity contribution in [3.05, 3.63) is 41.7 Å². The Kier molecular flexibility index (Phi) is 2.99. The highest BCUT2D eigenvalue weighted by Gasteiger charge is 2.56. The summed E-state index contributed by atoms with van der Waals surface area (Å²) in [6, 6.07) is 9.19. The van der Waals surface area contributed by atoms with Gasteiger partial charge in [-0.1, -0.05) is 35.0 Å². The molecular weight excluding hydrogens is 298 g/mol. The Morgan fingerprint density at radius 1 is 1.26 bits per heavy atom. The molecule has 2 saturated heterocycles. The molecule has 2 aliphatic heterocycles. The number of carbonyl (C=O) groups excluding carboxylic acids is 2. The fourth-order valence-electron chi connectivity index (χ4n) is 2.73. The Morgan fingerprint density at radius 2 is 2.00 bits per heavy atom. The molecule has 2 aliphatic rings. The third-order valence-electron chi connectivity index (χ3n) is 4.16. The number of urea groups is 1. The minimum atomic E-state index is -0.878. The van der Waals surface area contributed by atoms with Gasteiger partial charge in [-0.2, -0.15) is 0 Å². The first kappa shape index (κ1) is 14.0. The molecule has 0 radical (unpaired) electrons. The summed E-state index contributed by atoms with van der Waals surface area (Å²) in [5.74, 6) is 0.184. The highest BCUT2D eigenvalue weighted by molar-refractivity contribution is 6.07. The van der Waals surface area contributed by atoms with Crippen molar-refractivity contribution in [3.63, 3.8) is 0 Å². The Bertz CT molecular complexity index is 777. The smallest absolute Gasteiger partial charge is 0.325 e. The van der Waals surface area contributed by atoms with Crippen LogP contribution in [0.3, 0.4) is 0 Å². The largest absolute Gasteiger partial charge is 0.375 e. The van der Waals surface area contributed by atoms with Gasteiger partial charge in [-0.3, -0.25) is 9.69 Å². The Morgan fingerprint density at radius 3 is 2.61 bits per heavy atom. The number of imide groups is 1. The van der Waals surface area contributed by atoms with Gasteiger partial charge in [0.25, 0.3) is 5.91 Å². The molecule has 3 heterocycles. The number of nitrogens with one attached hydrogen (secondary N) is 1. The quantitative estimate of drug-likeness (QED) is 0.867.